The van der Waals surface area contributed by atoms with Gasteiger partial charge in [0, 0.05) is 12.6 Å². The van der Waals surface area contributed by atoms with Crippen molar-refractivity contribution in [2.24, 2.45) is 5.73 Å². The lowest BCUT2D eigenvalue weighted by Gasteiger charge is -2.20. The summed E-state index contributed by atoms with van der Waals surface area (Å²) in [4.78, 5) is 0. The highest BCUT2D eigenvalue weighted by Gasteiger charge is 2.15. The summed E-state index contributed by atoms with van der Waals surface area (Å²) in [7, 11) is 0. The fourth-order valence-electron chi connectivity index (χ4n) is 1.51. The molecule has 0 bridgehead atoms. The van der Waals surface area contributed by atoms with E-state index in [4.69, 9.17) is 33.7 Å². The van der Waals surface area contributed by atoms with Gasteiger partial charge in [0.1, 0.15) is 0 Å². The Labute approximate surface area is 107 Å². The molecule has 1 aromatic rings. The normalized spacial score (nSPS) is 14.8. The number of benzene rings is 1. The van der Waals surface area contributed by atoms with Gasteiger partial charge in [-0.2, -0.15) is 0 Å². The summed E-state index contributed by atoms with van der Waals surface area (Å²) in [5.41, 5.74) is 6.99. The fourth-order valence-corrected chi connectivity index (χ4v) is 1.91. The minimum atomic E-state index is -0.0732. The molecule has 2 nitrogen and oxygen atoms in total. The second-order valence-electron chi connectivity index (χ2n) is 3.74. The van der Waals surface area contributed by atoms with Gasteiger partial charge in [-0.1, -0.05) is 35.3 Å². The van der Waals surface area contributed by atoms with Crippen LogP contribution in [0.4, 0.5) is 0 Å². The van der Waals surface area contributed by atoms with E-state index in [1.54, 1.807) is 6.07 Å². The average molecular weight is 262 g/mol. The van der Waals surface area contributed by atoms with Gasteiger partial charge < -0.3 is 10.5 Å². The molecule has 0 aromatic heterocycles. The summed E-state index contributed by atoms with van der Waals surface area (Å²) >= 11 is 12.0. The minimum Gasteiger partial charge on any atom is -0.377 e. The summed E-state index contributed by atoms with van der Waals surface area (Å²) in [6.45, 7) is 4.58. The molecular formula is C12H17Cl2NO. The van der Waals surface area contributed by atoms with Gasteiger partial charge in [-0.25, -0.2) is 0 Å². The predicted octanol–water partition coefficient (Wildman–Crippen LogP) is 3.29. The lowest BCUT2D eigenvalue weighted by atomic mass is 10.0. The third-order valence-corrected chi connectivity index (χ3v) is 3.38. The molecule has 0 saturated heterocycles. The van der Waals surface area contributed by atoms with Crippen molar-refractivity contribution in [2.75, 3.05) is 6.61 Å². The zero-order chi connectivity index (χ0) is 12.1. The van der Waals surface area contributed by atoms with Crippen molar-refractivity contribution in [1.82, 2.24) is 0 Å². The second kappa shape index (κ2) is 6.45. The summed E-state index contributed by atoms with van der Waals surface area (Å²) < 4.78 is 5.44. The summed E-state index contributed by atoms with van der Waals surface area (Å²) in [5.74, 6) is 0. The Bertz CT molecular complexity index is 344. The first-order valence-corrected chi connectivity index (χ1v) is 6.12. The van der Waals surface area contributed by atoms with Crippen LogP contribution in [0.3, 0.4) is 0 Å². The molecule has 2 unspecified atom stereocenters. The van der Waals surface area contributed by atoms with Crippen LogP contribution in [0.1, 0.15) is 19.4 Å². The van der Waals surface area contributed by atoms with Crippen LogP contribution in [0.25, 0.3) is 0 Å². The molecule has 0 aliphatic heterocycles. The first-order chi connectivity index (χ1) is 7.56. The maximum atomic E-state index is 6.09. The summed E-state index contributed by atoms with van der Waals surface area (Å²) in [6, 6.07) is 5.51. The van der Waals surface area contributed by atoms with Gasteiger partial charge in [-0.15, -0.1) is 0 Å². The van der Waals surface area contributed by atoms with Crippen LogP contribution in [-0.4, -0.2) is 18.8 Å². The molecular weight excluding hydrogens is 245 g/mol. The number of halogens is 2. The smallest absolute Gasteiger partial charge is 0.0700 e. The Morgan fingerprint density at radius 3 is 2.69 bits per heavy atom. The van der Waals surface area contributed by atoms with Crippen LogP contribution in [-0.2, 0) is 11.2 Å². The molecule has 2 N–H and O–H groups in total. The van der Waals surface area contributed by atoms with E-state index in [2.05, 4.69) is 0 Å². The van der Waals surface area contributed by atoms with E-state index in [0.717, 1.165) is 5.56 Å². The van der Waals surface area contributed by atoms with E-state index in [9.17, 15) is 0 Å². The van der Waals surface area contributed by atoms with Gasteiger partial charge in [-0.05, 0) is 31.9 Å². The minimum absolute atomic E-state index is 0.0139. The van der Waals surface area contributed by atoms with Crippen molar-refractivity contribution < 1.29 is 4.74 Å². The number of ether oxygens (including phenoxy) is 1. The molecule has 90 valence electrons. The third-order valence-electron chi connectivity index (χ3n) is 2.52. The first-order valence-electron chi connectivity index (χ1n) is 5.36. The van der Waals surface area contributed by atoms with E-state index in [1.807, 2.05) is 26.0 Å². The molecule has 0 fully saturated rings. The largest absolute Gasteiger partial charge is 0.377 e. The van der Waals surface area contributed by atoms with Crippen LogP contribution < -0.4 is 5.73 Å². The molecule has 2 atom stereocenters. The molecule has 0 aliphatic rings. The molecule has 1 rings (SSSR count). The van der Waals surface area contributed by atoms with Crippen molar-refractivity contribution in [1.29, 1.82) is 0 Å². The first kappa shape index (κ1) is 13.8. The zero-order valence-electron chi connectivity index (χ0n) is 9.54. The van der Waals surface area contributed by atoms with E-state index in [-0.39, 0.29) is 12.1 Å². The third kappa shape index (κ3) is 3.63. The number of nitrogens with two attached hydrogens (primary N) is 1. The Hall–Kier alpha value is -0.280. The molecule has 16 heavy (non-hydrogen) atoms. The van der Waals surface area contributed by atoms with Gasteiger partial charge >= 0.3 is 0 Å². The maximum absolute atomic E-state index is 6.09. The van der Waals surface area contributed by atoms with Crippen LogP contribution in [0, 0.1) is 0 Å². The zero-order valence-corrected chi connectivity index (χ0v) is 11.1. The Morgan fingerprint density at radius 2 is 2.06 bits per heavy atom. The van der Waals surface area contributed by atoms with Crippen LogP contribution in [0.2, 0.25) is 10.0 Å². The number of hydrogen-bond donors (Lipinski definition) is 1. The predicted molar refractivity (Wildman–Crippen MR) is 69.2 cm³/mol. The number of rotatable bonds is 5. The second-order valence-corrected chi connectivity index (χ2v) is 4.53. The van der Waals surface area contributed by atoms with Crippen molar-refractivity contribution in [3.63, 3.8) is 0 Å². The molecule has 0 aliphatic carbocycles. The molecule has 0 amide bonds. The quantitative estimate of drug-likeness (QED) is 0.883. The van der Waals surface area contributed by atoms with Crippen LogP contribution >= 0.6 is 23.2 Å². The summed E-state index contributed by atoms with van der Waals surface area (Å²) in [5, 5.41) is 1.15. The number of hydrogen-bond acceptors (Lipinski definition) is 2. The lowest BCUT2D eigenvalue weighted by molar-refractivity contribution is 0.0577. The van der Waals surface area contributed by atoms with Gasteiger partial charge in [0.2, 0.25) is 0 Å². The van der Waals surface area contributed by atoms with Crippen molar-refractivity contribution in [2.45, 2.75) is 32.4 Å². The van der Waals surface area contributed by atoms with E-state index < -0.39 is 0 Å². The van der Waals surface area contributed by atoms with E-state index >= 15 is 0 Å². The van der Waals surface area contributed by atoms with E-state index in [0.29, 0.717) is 23.1 Å². The Balaban J connectivity index is 2.69. The van der Waals surface area contributed by atoms with E-state index in [1.165, 1.54) is 0 Å². The molecule has 0 heterocycles. The molecule has 0 saturated carbocycles. The molecule has 1 aromatic carbocycles. The highest BCUT2D eigenvalue weighted by Crippen LogP contribution is 2.26. The standard InChI is InChI=1S/C12H17Cl2NO/c1-3-16-8(2)11(15)7-9-5-4-6-10(13)12(9)14/h4-6,8,11H,3,7,15H2,1-2H3. The summed E-state index contributed by atoms with van der Waals surface area (Å²) in [6.07, 6.45) is 0.681. The van der Waals surface area contributed by atoms with Gasteiger partial charge in [0.15, 0.2) is 0 Å². The lowest BCUT2D eigenvalue weighted by Crippen LogP contribution is -2.36. The Morgan fingerprint density at radius 1 is 1.38 bits per heavy atom. The average Bonchev–Trinajstić information content (AvgIpc) is 2.25. The monoisotopic (exact) mass is 261 g/mol. The molecule has 0 spiro atoms. The maximum Gasteiger partial charge on any atom is 0.0700 e. The Kier molecular flexibility index (Phi) is 5.56. The SMILES string of the molecule is CCOC(C)C(N)Cc1cccc(Cl)c1Cl. The molecule has 0 radical (unpaired) electrons. The van der Waals surface area contributed by atoms with Crippen LogP contribution in [0.15, 0.2) is 18.2 Å². The van der Waals surface area contributed by atoms with Gasteiger partial charge in [0.05, 0.1) is 16.1 Å². The van der Waals surface area contributed by atoms with Crippen molar-refractivity contribution >= 4 is 23.2 Å². The van der Waals surface area contributed by atoms with Gasteiger partial charge in [0.25, 0.3) is 0 Å². The van der Waals surface area contributed by atoms with Gasteiger partial charge in [-0.3, -0.25) is 0 Å². The molecule has 4 heteroatoms. The topological polar surface area (TPSA) is 35.2 Å². The highest BCUT2D eigenvalue weighted by atomic mass is 35.5. The highest BCUT2D eigenvalue weighted by molar-refractivity contribution is 6.42. The van der Waals surface area contributed by atoms with Crippen LogP contribution in [0.5, 0.6) is 0 Å². The van der Waals surface area contributed by atoms with Crippen molar-refractivity contribution in [3.8, 4) is 0 Å². The van der Waals surface area contributed by atoms with Crippen molar-refractivity contribution in [3.05, 3.63) is 33.8 Å². The fraction of sp³-hybridized carbons (Fsp3) is 0.500.